The zero-order valence-corrected chi connectivity index (χ0v) is 21.6. The quantitative estimate of drug-likeness (QED) is 0.179. The van der Waals surface area contributed by atoms with E-state index >= 15 is 0 Å². The number of nitrogens with one attached hydrogen (secondary N) is 1. The number of pyridine rings is 1. The van der Waals surface area contributed by atoms with E-state index in [1.165, 1.54) is 18.2 Å². The largest absolute Gasteiger partial charge is 0.454 e. The van der Waals surface area contributed by atoms with Crippen molar-refractivity contribution in [2.75, 3.05) is 18.7 Å². The molecule has 1 amide bonds. The van der Waals surface area contributed by atoms with Gasteiger partial charge in [0.05, 0.1) is 21.7 Å². The Morgan fingerprint density at radius 2 is 1.90 bits per heavy atom. The van der Waals surface area contributed by atoms with Gasteiger partial charge in [-0.15, -0.1) is 0 Å². The molecule has 1 aromatic heterocycles. The average Bonchev–Trinajstić information content (AvgIpc) is 3.57. The number of rotatable bonds is 6. The van der Waals surface area contributed by atoms with Crippen LogP contribution >= 0.6 is 11.6 Å². The summed E-state index contributed by atoms with van der Waals surface area (Å²) < 4.78 is 16.3. The summed E-state index contributed by atoms with van der Waals surface area (Å²) in [6, 6.07) is 16.7. The highest BCUT2D eigenvalue weighted by atomic mass is 35.5. The minimum absolute atomic E-state index is 0.0906. The minimum Gasteiger partial charge on any atom is -0.454 e. The summed E-state index contributed by atoms with van der Waals surface area (Å²) in [5.41, 5.74) is 3.85. The van der Waals surface area contributed by atoms with Crippen LogP contribution < -0.4 is 14.8 Å². The average molecular weight is 558 g/mol. The molecule has 0 saturated heterocycles. The van der Waals surface area contributed by atoms with E-state index in [2.05, 4.69) is 5.32 Å². The van der Waals surface area contributed by atoms with Gasteiger partial charge in [-0.3, -0.25) is 14.9 Å². The van der Waals surface area contributed by atoms with Gasteiger partial charge in [-0.05, 0) is 65.9 Å². The van der Waals surface area contributed by atoms with Crippen molar-refractivity contribution in [2.45, 2.75) is 12.8 Å². The number of amides is 1. The third-order valence-electron chi connectivity index (χ3n) is 6.65. The number of aromatic nitrogens is 1. The maximum absolute atomic E-state index is 13.4. The number of para-hydroxylation sites is 1. The van der Waals surface area contributed by atoms with Crippen LogP contribution in [0.5, 0.6) is 11.5 Å². The molecule has 6 rings (SSSR count). The number of hydrogen-bond donors (Lipinski definition) is 1. The molecule has 0 spiro atoms. The van der Waals surface area contributed by atoms with Crippen LogP contribution in [0.3, 0.4) is 0 Å². The van der Waals surface area contributed by atoms with Gasteiger partial charge in [0, 0.05) is 16.5 Å². The Kier molecular flexibility index (Phi) is 6.53. The number of benzene rings is 3. The number of halogens is 1. The second kappa shape index (κ2) is 10.3. The number of nitro groups is 1. The number of carbonyl (C=O) groups is 2. The van der Waals surface area contributed by atoms with Gasteiger partial charge in [0.25, 0.3) is 11.6 Å². The first kappa shape index (κ1) is 25.3. The summed E-state index contributed by atoms with van der Waals surface area (Å²) in [7, 11) is 0. The SMILES string of the molecule is O=C(COC(=O)c1c2c(nc3ccccc13)/C(=C/c1ccc3c(c1)OCO3)CC2)Nc1cc(Cl)ccc1[N+](=O)[O-]. The first-order valence-electron chi connectivity index (χ1n) is 12.3. The number of ether oxygens (including phenoxy) is 3. The van der Waals surface area contributed by atoms with Crippen LogP contribution in [0.1, 0.15) is 33.6 Å². The lowest BCUT2D eigenvalue weighted by Gasteiger charge is -2.13. The Morgan fingerprint density at radius 3 is 2.75 bits per heavy atom. The zero-order valence-electron chi connectivity index (χ0n) is 20.8. The van der Waals surface area contributed by atoms with Crippen molar-refractivity contribution in [1.82, 2.24) is 4.98 Å². The summed E-state index contributed by atoms with van der Waals surface area (Å²) in [6.07, 6.45) is 3.23. The van der Waals surface area contributed by atoms with E-state index in [1.807, 2.05) is 36.4 Å². The molecule has 2 aliphatic rings. The minimum atomic E-state index is -0.739. The third kappa shape index (κ3) is 4.80. The van der Waals surface area contributed by atoms with Crippen LogP contribution in [0.15, 0.2) is 60.7 Å². The first-order chi connectivity index (χ1) is 19.4. The van der Waals surface area contributed by atoms with Crippen LogP contribution in [0.25, 0.3) is 22.6 Å². The smallest absolute Gasteiger partial charge is 0.339 e. The molecule has 0 fully saturated rings. The van der Waals surface area contributed by atoms with Crippen molar-refractivity contribution < 1.29 is 28.7 Å². The highest BCUT2D eigenvalue weighted by Crippen LogP contribution is 2.39. The van der Waals surface area contributed by atoms with E-state index in [1.54, 1.807) is 12.1 Å². The monoisotopic (exact) mass is 557 g/mol. The van der Waals surface area contributed by atoms with Crippen LogP contribution in [-0.4, -0.2) is 35.2 Å². The van der Waals surface area contributed by atoms with E-state index < -0.39 is 23.4 Å². The summed E-state index contributed by atoms with van der Waals surface area (Å²) in [6.45, 7) is -0.459. The molecule has 10 nitrogen and oxygen atoms in total. The van der Waals surface area contributed by atoms with E-state index in [0.29, 0.717) is 46.5 Å². The highest BCUT2D eigenvalue weighted by Gasteiger charge is 2.28. The Labute approximate surface area is 232 Å². The maximum Gasteiger partial charge on any atom is 0.339 e. The molecule has 0 unspecified atom stereocenters. The fourth-order valence-electron chi connectivity index (χ4n) is 4.87. The van der Waals surface area contributed by atoms with Crippen molar-refractivity contribution in [3.8, 4) is 11.5 Å². The van der Waals surface area contributed by atoms with Gasteiger partial charge in [-0.2, -0.15) is 0 Å². The molecule has 11 heteroatoms. The fourth-order valence-corrected chi connectivity index (χ4v) is 5.05. The van der Waals surface area contributed by atoms with Crippen molar-refractivity contribution in [3.63, 3.8) is 0 Å². The molecule has 0 saturated carbocycles. The van der Waals surface area contributed by atoms with Crippen LogP contribution in [0, 0.1) is 10.1 Å². The lowest BCUT2D eigenvalue weighted by molar-refractivity contribution is -0.383. The molecular formula is C29H20ClN3O7. The highest BCUT2D eigenvalue weighted by molar-refractivity contribution is 6.31. The molecule has 0 radical (unpaired) electrons. The summed E-state index contributed by atoms with van der Waals surface area (Å²) in [5.74, 6) is -0.0612. The summed E-state index contributed by atoms with van der Waals surface area (Å²) in [5, 5.41) is 14.5. The van der Waals surface area contributed by atoms with E-state index in [0.717, 1.165) is 16.7 Å². The van der Waals surface area contributed by atoms with Crippen LogP contribution in [0.2, 0.25) is 5.02 Å². The summed E-state index contributed by atoms with van der Waals surface area (Å²) in [4.78, 5) is 41.5. The van der Waals surface area contributed by atoms with E-state index in [-0.39, 0.29) is 23.2 Å². The molecule has 200 valence electrons. The lowest BCUT2D eigenvalue weighted by Crippen LogP contribution is -2.22. The maximum atomic E-state index is 13.4. The van der Waals surface area contributed by atoms with Gasteiger partial charge in [0.1, 0.15) is 5.69 Å². The number of nitrogens with zero attached hydrogens (tertiary/aromatic N) is 2. The summed E-state index contributed by atoms with van der Waals surface area (Å²) >= 11 is 5.93. The number of allylic oxidation sites excluding steroid dienone is 1. The molecule has 1 aliphatic heterocycles. The molecule has 40 heavy (non-hydrogen) atoms. The molecule has 1 N–H and O–H groups in total. The third-order valence-corrected chi connectivity index (χ3v) is 6.88. The van der Waals surface area contributed by atoms with E-state index in [4.69, 9.17) is 30.8 Å². The van der Waals surface area contributed by atoms with E-state index in [9.17, 15) is 19.7 Å². The number of hydrogen-bond acceptors (Lipinski definition) is 8. The second-order valence-corrected chi connectivity index (χ2v) is 9.59. The molecule has 0 atom stereocenters. The zero-order chi connectivity index (χ0) is 27.8. The van der Waals surface area contributed by atoms with Crippen molar-refractivity contribution in [2.24, 2.45) is 0 Å². The predicted molar refractivity (Wildman–Crippen MR) is 148 cm³/mol. The van der Waals surface area contributed by atoms with Crippen molar-refractivity contribution in [3.05, 3.63) is 98.2 Å². The molecule has 0 bridgehead atoms. The Balaban J connectivity index is 1.27. The Hall–Kier alpha value is -4.96. The van der Waals surface area contributed by atoms with Gasteiger partial charge < -0.3 is 19.5 Å². The molecule has 4 aromatic rings. The lowest BCUT2D eigenvalue weighted by atomic mass is 10.0. The second-order valence-electron chi connectivity index (χ2n) is 9.16. The topological polar surface area (TPSA) is 130 Å². The van der Waals surface area contributed by atoms with Crippen molar-refractivity contribution in [1.29, 1.82) is 0 Å². The number of nitro benzene ring substituents is 1. The predicted octanol–water partition coefficient (Wildman–Crippen LogP) is 5.81. The Morgan fingerprint density at radius 1 is 1.07 bits per heavy atom. The van der Waals surface area contributed by atoms with Gasteiger partial charge in [0.2, 0.25) is 6.79 Å². The number of carbonyl (C=O) groups excluding carboxylic acids is 2. The van der Waals surface area contributed by atoms with Gasteiger partial charge in [-0.25, -0.2) is 9.78 Å². The number of esters is 1. The van der Waals surface area contributed by atoms with Crippen LogP contribution in [0.4, 0.5) is 11.4 Å². The molecular weight excluding hydrogens is 538 g/mol. The molecule has 3 aromatic carbocycles. The fraction of sp³-hybridized carbons (Fsp3) is 0.138. The van der Waals surface area contributed by atoms with Crippen molar-refractivity contribution >= 4 is 57.4 Å². The molecule has 1 aliphatic carbocycles. The molecule has 2 heterocycles. The number of anilines is 1. The number of fused-ring (bicyclic) bond motifs is 3. The standard InChI is InChI=1S/C29H20ClN3O7/c30-18-7-9-23(33(36)37)22(13-18)31-26(34)14-38-29(35)27-19-3-1-2-4-21(19)32-28-17(6-8-20(27)28)11-16-5-10-24-25(12-16)40-15-39-24/h1-5,7,9-13H,6,8,14-15H2,(H,31,34)/b17-11+. The first-order valence-corrected chi connectivity index (χ1v) is 12.7. The Bertz CT molecular complexity index is 1750. The van der Waals surface area contributed by atoms with Gasteiger partial charge in [0.15, 0.2) is 18.1 Å². The van der Waals surface area contributed by atoms with Gasteiger partial charge in [-0.1, -0.05) is 35.9 Å². The van der Waals surface area contributed by atoms with Gasteiger partial charge >= 0.3 is 5.97 Å². The van der Waals surface area contributed by atoms with Crippen LogP contribution in [-0.2, 0) is 16.0 Å². The normalized spacial score (nSPS) is 14.3.